The lowest BCUT2D eigenvalue weighted by Gasteiger charge is -2.03. The van der Waals surface area contributed by atoms with E-state index in [1.54, 1.807) is 0 Å². The monoisotopic (exact) mass is 206 g/mol. The van der Waals surface area contributed by atoms with E-state index in [0.29, 0.717) is 6.42 Å². The van der Waals surface area contributed by atoms with Crippen molar-refractivity contribution in [3.8, 4) is 0 Å². The first kappa shape index (κ1) is 12.7. The summed E-state index contributed by atoms with van der Waals surface area (Å²) in [6.45, 7) is 4.03. The zero-order valence-electron chi connectivity index (χ0n) is 8.23. The molecular weight excluding hydrogens is 188 g/mol. The Kier molecular flexibility index (Phi) is 5.99. The molecule has 1 atom stereocenters. The average molecular weight is 206 g/mol. The van der Waals surface area contributed by atoms with Gasteiger partial charge in [-0.1, -0.05) is 32.4 Å². The Morgan fingerprint density at radius 1 is 1.46 bits per heavy atom. The van der Waals surface area contributed by atoms with Gasteiger partial charge in [0.25, 0.3) is 10.1 Å². The van der Waals surface area contributed by atoms with E-state index in [1.807, 2.05) is 13.0 Å². The molecule has 0 saturated heterocycles. The van der Waals surface area contributed by atoms with Gasteiger partial charge in [0.2, 0.25) is 0 Å². The highest BCUT2D eigenvalue weighted by atomic mass is 32.2. The summed E-state index contributed by atoms with van der Waals surface area (Å²) in [6, 6.07) is 0. The molecule has 78 valence electrons. The fourth-order valence-corrected chi connectivity index (χ4v) is 1.60. The summed E-state index contributed by atoms with van der Waals surface area (Å²) < 4.78 is 29.3. The second kappa shape index (κ2) is 6.16. The molecule has 0 bridgehead atoms. The van der Waals surface area contributed by atoms with E-state index in [1.165, 1.54) is 0 Å². The van der Waals surface area contributed by atoms with Crippen LogP contribution in [0.2, 0.25) is 0 Å². The molecule has 0 amide bonds. The van der Waals surface area contributed by atoms with Crippen molar-refractivity contribution >= 4 is 10.1 Å². The van der Waals surface area contributed by atoms with E-state index in [2.05, 4.69) is 13.0 Å². The van der Waals surface area contributed by atoms with Crippen molar-refractivity contribution in [3.05, 3.63) is 12.2 Å². The first-order chi connectivity index (χ1) is 5.95. The van der Waals surface area contributed by atoms with Crippen molar-refractivity contribution in [3.63, 3.8) is 0 Å². The van der Waals surface area contributed by atoms with Gasteiger partial charge in [0.1, 0.15) is 0 Å². The average Bonchev–Trinajstić information content (AvgIpc) is 2.00. The summed E-state index contributed by atoms with van der Waals surface area (Å²) in [4.78, 5) is 0. The number of unbranched alkanes of at least 4 members (excludes halogenated alkanes) is 1. The summed E-state index contributed by atoms with van der Waals surface area (Å²) in [6.07, 6.45) is 6.65. The van der Waals surface area contributed by atoms with E-state index in [0.717, 1.165) is 12.8 Å². The largest absolute Gasteiger partial charge is 0.286 e. The highest BCUT2D eigenvalue weighted by molar-refractivity contribution is 7.85. The van der Waals surface area contributed by atoms with E-state index in [4.69, 9.17) is 4.55 Å². The molecule has 0 aliphatic carbocycles. The van der Waals surface area contributed by atoms with Gasteiger partial charge in [-0.2, -0.15) is 8.42 Å². The van der Waals surface area contributed by atoms with Crippen molar-refractivity contribution in [1.82, 2.24) is 0 Å². The van der Waals surface area contributed by atoms with Crippen LogP contribution in [0.5, 0.6) is 0 Å². The lowest BCUT2D eigenvalue weighted by Crippen LogP contribution is -2.06. The van der Waals surface area contributed by atoms with E-state index >= 15 is 0 Å². The Bertz CT molecular complexity index is 242. The molecule has 0 spiro atoms. The Morgan fingerprint density at radius 3 is 2.54 bits per heavy atom. The third-order valence-electron chi connectivity index (χ3n) is 1.75. The fourth-order valence-electron chi connectivity index (χ4n) is 0.926. The number of hydrogen-bond acceptors (Lipinski definition) is 2. The van der Waals surface area contributed by atoms with Crippen LogP contribution < -0.4 is 0 Å². The Balaban J connectivity index is 3.69. The molecule has 0 fully saturated rings. The molecular formula is C9H18O3S. The molecule has 0 saturated carbocycles. The molecule has 1 N–H and O–H groups in total. The first-order valence-corrected chi connectivity index (χ1v) is 6.18. The van der Waals surface area contributed by atoms with Crippen LogP contribution in [0.4, 0.5) is 0 Å². The minimum absolute atomic E-state index is 0.148. The number of allylic oxidation sites excluding steroid dienone is 2. The topological polar surface area (TPSA) is 54.4 Å². The summed E-state index contributed by atoms with van der Waals surface area (Å²) in [5.74, 6) is 0.0680. The summed E-state index contributed by atoms with van der Waals surface area (Å²) in [5.41, 5.74) is 0. The molecule has 3 nitrogen and oxygen atoms in total. The smallest absolute Gasteiger partial charge is 0.264 e. The van der Waals surface area contributed by atoms with Crippen LogP contribution in [0.25, 0.3) is 0 Å². The molecule has 0 aromatic carbocycles. The second-order valence-corrected chi connectivity index (χ2v) is 4.84. The van der Waals surface area contributed by atoms with Crippen LogP contribution in [0.3, 0.4) is 0 Å². The third-order valence-corrected chi connectivity index (χ3v) is 2.50. The molecule has 1 unspecified atom stereocenters. The van der Waals surface area contributed by atoms with Gasteiger partial charge in [-0.15, -0.1) is 0 Å². The van der Waals surface area contributed by atoms with E-state index < -0.39 is 10.1 Å². The number of rotatable bonds is 6. The zero-order valence-corrected chi connectivity index (χ0v) is 9.05. The lowest BCUT2D eigenvalue weighted by atomic mass is 10.1. The molecule has 0 aromatic rings. The predicted molar refractivity (Wildman–Crippen MR) is 54.2 cm³/mol. The molecule has 0 radical (unpaired) electrons. The SMILES string of the molecule is CCCC=CC(C)CCS(=O)(=O)O. The molecule has 0 aliphatic heterocycles. The van der Waals surface area contributed by atoms with Gasteiger partial charge in [-0.3, -0.25) is 4.55 Å². The van der Waals surface area contributed by atoms with Gasteiger partial charge in [-0.05, 0) is 18.8 Å². The Hall–Kier alpha value is -0.350. The maximum absolute atomic E-state index is 10.4. The van der Waals surface area contributed by atoms with Gasteiger partial charge in [-0.25, -0.2) is 0 Å². The minimum Gasteiger partial charge on any atom is -0.286 e. The molecule has 0 heterocycles. The van der Waals surface area contributed by atoms with Crippen molar-refractivity contribution in [2.45, 2.75) is 33.1 Å². The van der Waals surface area contributed by atoms with Gasteiger partial charge >= 0.3 is 0 Å². The van der Waals surface area contributed by atoms with Crippen LogP contribution in [0, 0.1) is 5.92 Å². The summed E-state index contributed by atoms with van der Waals surface area (Å²) in [5, 5.41) is 0. The van der Waals surface area contributed by atoms with Crippen LogP contribution in [0.1, 0.15) is 33.1 Å². The molecule has 0 rings (SSSR count). The zero-order chi connectivity index (χ0) is 10.3. The van der Waals surface area contributed by atoms with Gasteiger partial charge in [0.15, 0.2) is 0 Å². The highest BCUT2D eigenvalue weighted by Gasteiger charge is 2.06. The molecule has 0 aliphatic rings. The van der Waals surface area contributed by atoms with Crippen LogP contribution in [-0.2, 0) is 10.1 Å². The molecule has 4 heteroatoms. The highest BCUT2D eigenvalue weighted by Crippen LogP contribution is 2.06. The maximum Gasteiger partial charge on any atom is 0.264 e. The first-order valence-electron chi connectivity index (χ1n) is 4.57. The van der Waals surface area contributed by atoms with Crippen molar-refractivity contribution in [2.75, 3.05) is 5.75 Å². The quantitative estimate of drug-likeness (QED) is 0.535. The van der Waals surface area contributed by atoms with Crippen LogP contribution in [-0.4, -0.2) is 18.7 Å². The van der Waals surface area contributed by atoms with Crippen LogP contribution in [0.15, 0.2) is 12.2 Å². The second-order valence-electron chi connectivity index (χ2n) is 3.27. The van der Waals surface area contributed by atoms with E-state index in [-0.39, 0.29) is 11.7 Å². The maximum atomic E-state index is 10.4. The van der Waals surface area contributed by atoms with Crippen molar-refractivity contribution < 1.29 is 13.0 Å². The number of hydrogen-bond donors (Lipinski definition) is 1. The fraction of sp³-hybridized carbons (Fsp3) is 0.778. The summed E-state index contributed by atoms with van der Waals surface area (Å²) >= 11 is 0. The molecule has 0 aromatic heterocycles. The lowest BCUT2D eigenvalue weighted by molar-refractivity contribution is 0.477. The Labute approximate surface area is 80.6 Å². The van der Waals surface area contributed by atoms with Crippen LogP contribution >= 0.6 is 0 Å². The third kappa shape index (κ3) is 9.56. The normalized spacial score (nSPS) is 15.0. The van der Waals surface area contributed by atoms with Gasteiger partial charge in [0.05, 0.1) is 5.75 Å². The van der Waals surface area contributed by atoms with Gasteiger partial charge < -0.3 is 0 Å². The summed E-state index contributed by atoms with van der Waals surface area (Å²) in [7, 11) is -3.78. The Morgan fingerprint density at radius 2 is 2.08 bits per heavy atom. The van der Waals surface area contributed by atoms with Crippen molar-refractivity contribution in [2.24, 2.45) is 5.92 Å². The minimum atomic E-state index is -3.78. The van der Waals surface area contributed by atoms with Gasteiger partial charge in [0, 0.05) is 0 Å². The standard InChI is InChI=1S/C9H18O3S/c1-3-4-5-6-9(2)7-8-13(10,11)12/h5-6,9H,3-4,7-8H2,1-2H3,(H,10,11,12). The van der Waals surface area contributed by atoms with E-state index in [9.17, 15) is 8.42 Å². The van der Waals surface area contributed by atoms with Crippen molar-refractivity contribution in [1.29, 1.82) is 0 Å². The predicted octanol–water partition coefficient (Wildman–Crippen LogP) is 2.26. The molecule has 13 heavy (non-hydrogen) atoms.